The van der Waals surface area contributed by atoms with E-state index in [1.54, 1.807) is 12.4 Å². The molecule has 2 aromatic carbocycles. The predicted molar refractivity (Wildman–Crippen MR) is 108 cm³/mol. The van der Waals surface area contributed by atoms with Gasteiger partial charge in [0.05, 0.1) is 0 Å². The van der Waals surface area contributed by atoms with Crippen LogP contribution in [0.2, 0.25) is 5.02 Å². The van der Waals surface area contributed by atoms with Crippen LogP contribution in [0.25, 0.3) is 28.2 Å². The topological polar surface area (TPSA) is 69.6 Å². The minimum atomic E-state index is 0.505. The molecule has 0 unspecified atom stereocenters. The zero-order valence-electron chi connectivity index (χ0n) is 14.4. The molecular formula is C20H12ClN5OS. The van der Waals surface area contributed by atoms with Crippen LogP contribution >= 0.6 is 23.4 Å². The number of nitrogens with zero attached hydrogens (tertiary/aromatic N) is 5. The molecule has 5 rings (SSSR count). The van der Waals surface area contributed by atoms with E-state index in [1.165, 1.54) is 11.8 Å². The second kappa shape index (κ2) is 7.10. The third kappa shape index (κ3) is 3.15. The number of oxazole rings is 1. The Hall–Kier alpha value is -3.16. The van der Waals surface area contributed by atoms with Crippen LogP contribution in [-0.2, 0) is 0 Å². The number of aromatic nitrogens is 5. The van der Waals surface area contributed by atoms with E-state index >= 15 is 0 Å². The number of hydrogen-bond donors (Lipinski definition) is 0. The zero-order valence-corrected chi connectivity index (χ0v) is 15.9. The molecule has 5 aromatic rings. The molecule has 0 spiro atoms. The first-order valence-corrected chi connectivity index (χ1v) is 9.62. The monoisotopic (exact) mass is 405 g/mol. The van der Waals surface area contributed by atoms with Crippen LogP contribution in [0.3, 0.4) is 0 Å². The average Bonchev–Trinajstić information content (AvgIpc) is 3.33. The van der Waals surface area contributed by atoms with E-state index in [4.69, 9.17) is 16.0 Å². The van der Waals surface area contributed by atoms with Crippen molar-refractivity contribution in [3.63, 3.8) is 0 Å². The maximum absolute atomic E-state index is 6.07. The van der Waals surface area contributed by atoms with Gasteiger partial charge in [0.1, 0.15) is 5.52 Å². The molecule has 0 N–H and O–H groups in total. The molecule has 3 heterocycles. The Balaban J connectivity index is 1.63. The first kappa shape index (κ1) is 17.0. The molecule has 0 aliphatic heterocycles. The molecule has 8 heteroatoms. The Morgan fingerprint density at radius 2 is 1.68 bits per heavy atom. The quantitative estimate of drug-likeness (QED) is 0.405. The zero-order chi connectivity index (χ0) is 18.9. The lowest BCUT2D eigenvalue weighted by Crippen LogP contribution is -1.99. The molecule has 0 saturated heterocycles. The van der Waals surface area contributed by atoms with Gasteiger partial charge >= 0.3 is 0 Å². The van der Waals surface area contributed by atoms with Gasteiger partial charge in [0.15, 0.2) is 11.4 Å². The minimum Gasteiger partial charge on any atom is -0.431 e. The van der Waals surface area contributed by atoms with E-state index in [1.807, 2.05) is 65.2 Å². The highest BCUT2D eigenvalue weighted by molar-refractivity contribution is 7.99. The van der Waals surface area contributed by atoms with Gasteiger partial charge in [-0.05, 0) is 48.5 Å². The highest BCUT2D eigenvalue weighted by Gasteiger charge is 2.19. The molecule has 0 aliphatic carbocycles. The second-order valence-electron chi connectivity index (χ2n) is 5.90. The van der Waals surface area contributed by atoms with Crippen molar-refractivity contribution in [2.24, 2.45) is 0 Å². The van der Waals surface area contributed by atoms with E-state index in [-0.39, 0.29) is 0 Å². The molecule has 0 fully saturated rings. The van der Waals surface area contributed by atoms with Gasteiger partial charge in [0.2, 0.25) is 5.16 Å². The number of halogens is 1. The van der Waals surface area contributed by atoms with Crippen LogP contribution in [0.4, 0.5) is 0 Å². The third-order valence-corrected chi connectivity index (χ3v) is 5.16. The fraction of sp³-hybridized carbons (Fsp3) is 0. The Bertz CT molecular complexity index is 1220. The van der Waals surface area contributed by atoms with Crippen molar-refractivity contribution in [1.29, 1.82) is 0 Å². The van der Waals surface area contributed by atoms with Crippen LogP contribution in [0.5, 0.6) is 0 Å². The summed E-state index contributed by atoms with van der Waals surface area (Å²) in [6.07, 6.45) is 3.45. The molecule has 6 nitrogen and oxygen atoms in total. The molecular weight excluding hydrogens is 394 g/mol. The summed E-state index contributed by atoms with van der Waals surface area (Å²) in [4.78, 5) is 8.60. The number of fused-ring (bicyclic) bond motifs is 1. The van der Waals surface area contributed by atoms with Crippen molar-refractivity contribution in [1.82, 2.24) is 24.7 Å². The van der Waals surface area contributed by atoms with Crippen molar-refractivity contribution in [2.45, 2.75) is 10.4 Å². The van der Waals surface area contributed by atoms with E-state index in [9.17, 15) is 0 Å². The number of para-hydroxylation sites is 2. The van der Waals surface area contributed by atoms with Crippen LogP contribution < -0.4 is 0 Å². The van der Waals surface area contributed by atoms with Gasteiger partial charge in [0.25, 0.3) is 5.22 Å². The molecule has 136 valence electrons. The van der Waals surface area contributed by atoms with Crippen molar-refractivity contribution in [2.75, 3.05) is 0 Å². The van der Waals surface area contributed by atoms with Gasteiger partial charge in [-0.2, -0.15) is 0 Å². The predicted octanol–water partition coefficient (Wildman–Crippen LogP) is 5.28. The average molecular weight is 406 g/mol. The Morgan fingerprint density at radius 1 is 0.893 bits per heavy atom. The van der Waals surface area contributed by atoms with Gasteiger partial charge in [-0.15, -0.1) is 10.2 Å². The number of rotatable bonds is 4. The van der Waals surface area contributed by atoms with Crippen LogP contribution in [0.15, 0.2) is 87.9 Å². The molecule has 0 aliphatic rings. The summed E-state index contributed by atoms with van der Waals surface area (Å²) in [5.74, 6) is 0.698. The van der Waals surface area contributed by atoms with Crippen LogP contribution in [-0.4, -0.2) is 24.7 Å². The van der Waals surface area contributed by atoms with E-state index in [0.717, 1.165) is 22.4 Å². The molecule has 0 bridgehead atoms. The Kier molecular flexibility index (Phi) is 4.31. The summed E-state index contributed by atoms with van der Waals surface area (Å²) in [5, 5.41) is 10.6. The highest BCUT2D eigenvalue weighted by Crippen LogP contribution is 2.33. The fourth-order valence-electron chi connectivity index (χ4n) is 2.82. The molecule has 28 heavy (non-hydrogen) atoms. The van der Waals surface area contributed by atoms with Gasteiger partial charge in [-0.3, -0.25) is 9.55 Å². The fourth-order valence-corrected chi connectivity index (χ4v) is 3.74. The van der Waals surface area contributed by atoms with Crippen LogP contribution in [0, 0.1) is 0 Å². The Labute approximate surface area is 169 Å². The van der Waals surface area contributed by atoms with Crippen LogP contribution in [0.1, 0.15) is 0 Å². The summed E-state index contributed by atoms with van der Waals surface area (Å²) < 4.78 is 7.79. The molecule has 3 aromatic heterocycles. The summed E-state index contributed by atoms with van der Waals surface area (Å²) >= 11 is 7.38. The lowest BCUT2D eigenvalue weighted by Gasteiger charge is -2.09. The van der Waals surface area contributed by atoms with Gasteiger partial charge in [-0.25, -0.2) is 4.98 Å². The maximum atomic E-state index is 6.07. The first-order chi connectivity index (χ1) is 13.8. The molecule has 0 amide bonds. The number of hydrogen-bond acceptors (Lipinski definition) is 6. The van der Waals surface area contributed by atoms with E-state index < -0.39 is 0 Å². The Morgan fingerprint density at radius 3 is 2.46 bits per heavy atom. The highest BCUT2D eigenvalue weighted by atomic mass is 35.5. The standard InChI is InChI=1S/C20H12ClN5OS/c21-14-5-7-15(8-6-14)26-18(13-9-11-22-12-10-13)24-25-19(26)28-20-23-16-3-1-2-4-17(16)27-20/h1-12H. The van der Waals surface area contributed by atoms with Gasteiger partial charge in [0, 0.05) is 40.4 Å². The lowest BCUT2D eigenvalue weighted by atomic mass is 10.2. The second-order valence-corrected chi connectivity index (χ2v) is 7.26. The summed E-state index contributed by atoms with van der Waals surface area (Å²) in [7, 11) is 0. The van der Waals surface area contributed by atoms with Crippen molar-refractivity contribution >= 4 is 34.5 Å². The molecule has 0 saturated carbocycles. The minimum absolute atomic E-state index is 0.505. The number of pyridine rings is 1. The normalized spacial score (nSPS) is 11.2. The van der Waals surface area contributed by atoms with E-state index in [0.29, 0.717) is 21.2 Å². The largest absolute Gasteiger partial charge is 0.431 e. The summed E-state index contributed by atoms with van der Waals surface area (Å²) in [5.41, 5.74) is 3.33. The van der Waals surface area contributed by atoms with Crippen molar-refractivity contribution in [3.05, 3.63) is 78.1 Å². The third-order valence-electron chi connectivity index (χ3n) is 4.11. The lowest BCUT2D eigenvalue weighted by molar-refractivity contribution is 0.488. The summed E-state index contributed by atoms with van der Waals surface area (Å²) in [6, 6.07) is 18.9. The molecule has 0 radical (unpaired) electrons. The molecule has 0 atom stereocenters. The maximum Gasteiger partial charge on any atom is 0.264 e. The van der Waals surface area contributed by atoms with Gasteiger partial charge in [-0.1, -0.05) is 23.7 Å². The van der Waals surface area contributed by atoms with E-state index in [2.05, 4.69) is 20.2 Å². The SMILES string of the molecule is Clc1ccc(-n2c(Sc3nc4ccccc4o3)nnc2-c2ccncc2)cc1. The number of benzene rings is 2. The first-order valence-electron chi connectivity index (χ1n) is 8.43. The van der Waals surface area contributed by atoms with Gasteiger partial charge < -0.3 is 4.42 Å². The van der Waals surface area contributed by atoms with Crippen molar-refractivity contribution < 1.29 is 4.42 Å². The van der Waals surface area contributed by atoms with Crippen molar-refractivity contribution in [3.8, 4) is 17.1 Å². The summed E-state index contributed by atoms with van der Waals surface area (Å²) in [6.45, 7) is 0. The smallest absolute Gasteiger partial charge is 0.264 e.